The van der Waals surface area contributed by atoms with E-state index in [1.54, 1.807) is 4.90 Å². The number of aromatic carboxylic acids is 1. The van der Waals surface area contributed by atoms with Gasteiger partial charge in [0.2, 0.25) is 0 Å². The van der Waals surface area contributed by atoms with Crippen LogP contribution >= 0.6 is 0 Å². The zero-order valence-corrected chi connectivity index (χ0v) is 25.6. The molecule has 260 valence electrons. The molecule has 0 spiro atoms. The molecule has 15 heteroatoms. The molecule has 1 N–H and O–H groups in total. The quantitative estimate of drug-likeness (QED) is 0.186. The van der Waals surface area contributed by atoms with E-state index in [9.17, 15) is 44.3 Å². The summed E-state index contributed by atoms with van der Waals surface area (Å²) in [5.74, 6) is -1.08. The summed E-state index contributed by atoms with van der Waals surface area (Å²) in [6.07, 6.45) is -14.1. The summed E-state index contributed by atoms with van der Waals surface area (Å²) in [6, 6.07) is 16.1. The minimum atomic E-state index is -4.81. The zero-order chi connectivity index (χ0) is 35.7. The van der Waals surface area contributed by atoms with Gasteiger partial charge in [-0.25, -0.2) is 4.79 Å². The Bertz CT molecular complexity index is 1800. The van der Waals surface area contributed by atoms with Crippen molar-refractivity contribution in [1.82, 2.24) is 0 Å². The highest BCUT2D eigenvalue weighted by atomic mass is 19.4. The third kappa shape index (κ3) is 8.32. The molecule has 0 atom stereocenters. The molecule has 0 unspecified atom stereocenters. The lowest BCUT2D eigenvalue weighted by Crippen LogP contribution is -2.47. The number of halogens is 9. The fraction of sp³-hybridized carbons (Fsp3) is 0.265. The maximum Gasteiger partial charge on any atom is 0.418 e. The average Bonchev–Trinajstić information content (AvgIpc) is 3.04. The van der Waals surface area contributed by atoms with Gasteiger partial charge < -0.3 is 24.5 Å². The van der Waals surface area contributed by atoms with Crippen molar-refractivity contribution >= 4 is 23.0 Å². The van der Waals surface area contributed by atoms with E-state index in [2.05, 4.69) is 0 Å². The van der Waals surface area contributed by atoms with Crippen LogP contribution < -0.4 is 19.4 Å². The Labute approximate surface area is 274 Å². The van der Waals surface area contributed by atoms with Crippen molar-refractivity contribution < 1.29 is 54.2 Å². The van der Waals surface area contributed by atoms with E-state index >= 15 is 0 Å². The Kier molecular flexibility index (Phi) is 9.66. The molecule has 5 rings (SSSR count). The van der Waals surface area contributed by atoms with Crippen LogP contribution in [0.15, 0.2) is 84.9 Å². The number of carbonyl (C=O) groups is 1. The number of carboxylic acids is 1. The van der Waals surface area contributed by atoms with E-state index in [1.807, 2.05) is 0 Å². The Morgan fingerprint density at radius 1 is 0.735 bits per heavy atom. The third-order valence-corrected chi connectivity index (χ3v) is 8.01. The Balaban J connectivity index is 1.38. The molecular weight excluding hydrogens is 669 g/mol. The molecule has 4 aromatic rings. The minimum Gasteiger partial charge on any atom is -0.478 e. The molecule has 0 amide bonds. The number of alkyl halides is 9. The van der Waals surface area contributed by atoms with Crippen LogP contribution in [0.1, 0.15) is 32.6 Å². The summed E-state index contributed by atoms with van der Waals surface area (Å²) in [5, 5.41) is 9.11. The largest absolute Gasteiger partial charge is 0.478 e. The number of piperazine rings is 1. The van der Waals surface area contributed by atoms with Gasteiger partial charge >= 0.3 is 24.5 Å². The number of anilines is 3. The molecule has 0 aromatic heterocycles. The van der Waals surface area contributed by atoms with Crippen LogP contribution in [-0.4, -0.2) is 44.3 Å². The second-order valence-corrected chi connectivity index (χ2v) is 11.3. The van der Waals surface area contributed by atoms with Gasteiger partial charge in [0.1, 0.15) is 11.5 Å². The van der Waals surface area contributed by atoms with Gasteiger partial charge in [-0.15, -0.1) is 0 Å². The van der Waals surface area contributed by atoms with Crippen molar-refractivity contribution in [2.24, 2.45) is 0 Å². The van der Waals surface area contributed by atoms with E-state index in [0.29, 0.717) is 5.69 Å². The van der Waals surface area contributed by atoms with Crippen molar-refractivity contribution in [1.29, 1.82) is 0 Å². The molecule has 49 heavy (non-hydrogen) atoms. The fourth-order valence-electron chi connectivity index (χ4n) is 5.47. The molecule has 6 nitrogen and oxygen atoms in total. The van der Waals surface area contributed by atoms with Crippen molar-refractivity contribution in [2.75, 3.05) is 47.9 Å². The van der Waals surface area contributed by atoms with Crippen LogP contribution in [0, 0.1) is 0 Å². The van der Waals surface area contributed by atoms with Gasteiger partial charge in [0.15, 0.2) is 0 Å². The van der Waals surface area contributed by atoms with Crippen molar-refractivity contribution in [3.05, 3.63) is 113 Å². The molecule has 4 aromatic carbocycles. The smallest absolute Gasteiger partial charge is 0.418 e. The molecule has 0 radical (unpaired) electrons. The highest BCUT2D eigenvalue weighted by Crippen LogP contribution is 2.41. The summed E-state index contributed by atoms with van der Waals surface area (Å²) in [5.41, 5.74) is -2.63. The number of benzene rings is 4. The Morgan fingerprint density at radius 3 is 1.94 bits per heavy atom. The summed E-state index contributed by atoms with van der Waals surface area (Å²) in [7, 11) is 1.41. The number of carboxylic acid groups (broad SMARTS) is 1. The van der Waals surface area contributed by atoms with Gasteiger partial charge in [0.25, 0.3) is 0 Å². The van der Waals surface area contributed by atoms with Crippen LogP contribution in [0.4, 0.5) is 56.6 Å². The van der Waals surface area contributed by atoms with Gasteiger partial charge in [-0.1, -0.05) is 6.07 Å². The zero-order valence-electron chi connectivity index (χ0n) is 25.6. The first kappa shape index (κ1) is 35.2. The van der Waals surface area contributed by atoms with E-state index in [1.165, 1.54) is 65.4 Å². The van der Waals surface area contributed by atoms with Crippen LogP contribution in [-0.2, 0) is 25.1 Å². The summed E-state index contributed by atoms with van der Waals surface area (Å²) in [4.78, 5) is 15.6. The number of ether oxygens (including phenoxy) is 1. The van der Waals surface area contributed by atoms with Gasteiger partial charge in [-0.3, -0.25) is 0 Å². The predicted molar refractivity (Wildman–Crippen MR) is 164 cm³/mol. The number of rotatable bonds is 8. The van der Waals surface area contributed by atoms with Crippen molar-refractivity contribution in [2.45, 2.75) is 25.1 Å². The first-order valence-corrected chi connectivity index (χ1v) is 14.7. The highest BCUT2D eigenvalue weighted by molar-refractivity contribution is 5.87. The van der Waals surface area contributed by atoms with Gasteiger partial charge in [-0.2, -0.15) is 39.5 Å². The highest BCUT2D eigenvalue weighted by Gasteiger charge is 2.37. The molecule has 1 fully saturated rings. The number of nitrogens with zero attached hydrogens (tertiary/aromatic N) is 3. The lowest BCUT2D eigenvalue weighted by atomic mass is 10.1. The maximum atomic E-state index is 14.4. The molecule has 1 aliphatic rings. The van der Waals surface area contributed by atoms with Gasteiger partial charge in [-0.05, 0) is 78.9 Å². The minimum absolute atomic E-state index is 0.00276. The molecule has 1 aliphatic heterocycles. The Morgan fingerprint density at radius 2 is 1.35 bits per heavy atom. The first-order valence-electron chi connectivity index (χ1n) is 14.7. The molecule has 1 saturated heterocycles. The van der Waals surface area contributed by atoms with Crippen molar-refractivity contribution in [3.63, 3.8) is 0 Å². The second kappa shape index (κ2) is 13.4. The molecule has 0 saturated carbocycles. The predicted octanol–water partition coefficient (Wildman–Crippen LogP) is 9.20. The summed E-state index contributed by atoms with van der Waals surface area (Å²) >= 11 is 0. The fourth-order valence-corrected chi connectivity index (χ4v) is 5.47. The summed E-state index contributed by atoms with van der Waals surface area (Å²) < 4.78 is 129. The van der Waals surface area contributed by atoms with E-state index in [4.69, 9.17) is 9.84 Å². The SMILES string of the molecule is CN(Cc1cc(C(F)(F)F)ccc1Oc1ccc(C(=O)O)cc1)c1ccc(N2CCN(c3cccc(C(F)(F)F)c3)CC2)c(C(F)(F)F)c1. The molecule has 0 bridgehead atoms. The van der Waals surface area contributed by atoms with E-state index < -0.39 is 41.2 Å². The average molecular weight is 698 g/mol. The summed E-state index contributed by atoms with van der Waals surface area (Å²) in [6.45, 7) is 0.216. The lowest BCUT2D eigenvalue weighted by Gasteiger charge is -2.38. The second-order valence-electron chi connectivity index (χ2n) is 11.3. The van der Waals surface area contributed by atoms with E-state index in [-0.39, 0.29) is 66.7 Å². The molecule has 1 heterocycles. The topological polar surface area (TPSA) is 56.2 Å². The van der Waals surface area contributed by atoms with Gasteiger partial charge in [0, 0.05) is 62.4 Å². The maximum absolute atomic E-state index is 14.4. The Hall–Kier alpha value is -5.08. The molecule has 0 aliphatic carbocycles. The molecular formula is C34H28F9N3O3. The van der Waals surface area contributed by atoms with Crippen LogP contribution in [0.2, 0.25) is 0 Å². The standard InChI is InChI=1S/C34H28F9N3O3/c1-44(20-22-17-24(33(38,39)40)7-12-30(22)49-27-9-5-21(6-10-27)31(47)48)25-8-11-29(28(19-25)34(41,42)43)46-15-13-45(14-16-46)26-4-2-3-23(18-26)32(35,36)37/h2-12,17-19H,13-16,20H2,1H3,(H,47,48). The third-order valence-electron chi connectivity index (χ3n) is 8.01. The van der Waals surface area contributed by atoms with Crippen LogP contribution in [0.25, 0.3) is 0 Å². The first-order chi connectivity index (χ1) is 22.9. The normalized spacial score (nSPS) is 14.2. The van der Waals surface area contributed by atoms with Crippen LogP contribution in [0.3, 0.4) is 0 Å². The van der Waals surface area contributed by atoms with E-state index in [0.717, 1.165) is 36.4 Å². The number of hydrogen-bond acceptors (Lipinski definition) is 5. The number of hydrogen-bond donors (Lipinski definition) is 1. The van der Waals surface area contributed by atoms with Gasteiger partial charge in [0.05, 0.1) is 22.3 Å². The van der Waals surface area contributed by atoms with Crippen molar-refractivity contribution in [3.8, 4) is 11.5 Å². The monoisotopic (exact) mass is 697 g/mol. The van der Waals surface area contributed by atoms with Crippen LogP contribution in [0.5, 0.6) is 11.5 Å². The lowest BCUT2D eigenvalue weighted by molar-refractivity contribution is -0.138.